The highest BCUT2D eigenvalue weighted by Gasteiger charge is 2.08. The third-order valence-electron chi connectivity index (χ3n) is 2.76. The highest BCUT2D eigenvalue weighted by atomic mass is 79.9. The van der Waals surface area contributed by atoms with Crippen LogP contribution in [0.5, 0.6) is 0 Å². The zero-order valence-corrected chi connectivity index (χ0v) is 12.2. The molecule has 2 rings (SSSR count). The van der Waals surface area contributed by atoms with Gasteiger partial charge in [-0.15, -0.1) is 11.3 Å². The summed E-state index contributed by atoms with van der Waals surface area (Å²) in [5.41, 5.74) is 1.37. The van der Waals surface area contributed by atoms with Crippen molar-refractivity contribution in [3.05, 3.63) is 56.7 Å². The van der Waals surface area contributed by atoms with Crippen LogP contribution in [0.2, 0.25) is 0 Å². The van der Waals surface area contributed by atoms with E-state index in [0.29, 0.717) is 6.04 Å². The van der Waals surface area contributed by atoms with Crippen LogP contribution in [0.15, 0.2) is 46.3 Å². The number of hydrogen-bond acceptors (Lipinski definition) is 2. The summed E-state index contributed by atoms with van der Waals surface area (Å²) in [5.74, 6) is 0. The molecule has 0 saturated carbocycles. The standard InChI is InChI=1S/C14H16BrNS/c1-2-13(11-6-4-3-5-7-11)16-10-12-8-9-14(15)17-12/h3-9,13,16H,2,10H2,1H3. The number of thiophene rings is 1. The Kier molecular flexibility index (Phi) is 4.77. The van der Waals surface area contributed by atoms with Crippen molar-refractivity contribution in [3.8, 4) is 0 Å². The van der Waals surface area contributed by atoms with Crippen molar-refractivity contribution in [1.29, 1.82) is 0 Å². The number of halogens is 1. The smallest absolute Gasteiger partial charge is 0.0701 e. The van der Waals surface area contributed by atoms with E-state index in [9.17, 15) is 0 Å². The monoisotopic (exact) mass is 309 g/mol. The molecule has 0 radical (unpaired) electrons. The lowest BCUT2D eigenvalue weighted by molar-refractivity contribution is 0.522. The maximum atomic E-state index is 3.60. The van der Waals surface area contributed by atoms with Crippen molar-refractivity contribution >= 4 is 27.3 Å². The van der Waals surface area contributed by atoms with Gasteiger partial charge < -0.3 is 5.32 Å². The molecule has 1 aromatic carbocycles. The second-order valence-electron chi connectivity index (χ2n) is 3.96. The summed E-state index contributed by atoms with van der Waals surface area (Å²) >= 11 is 5.28. The molecule has 2 aromatic rings. The fourth-order valence-electron chi connectivity index (χ4n) is 1.85. The van der Waals surface area contributed by atoms with Crippen LogP contribution >= 0.6 is 27.3 Å². The Balaban J connectivity index is 1.97. The van der Waals surface area contributed by atoms with Gasteiger partial charge in [-0.25, -0.2) is 0 Å². The topological polar surface area (TPSA) is 12.0 Å². The van der Waals surface area contributed by atoms with E-state index in [4.69, 9.17) is 0 Å². The predicted octanol–water partition coefficient (Wildman–Crippen LogP) is 4.75. The van der Waals surface area contributed by atoms with Gasteiger partial charge in [-0.3, -0.25) is 0 Å². The van der Waals surface area contributed by atoms with E-state index < -0.39 is 0 Å². The summed E-state index contributed by atoms with van der Waals surface area (Å²) in [7, 11) is 0. The largest absolute Gasteiger partial charge is 0.305 e. The van der Waals surface area contributed by atoms with E-state index in [1.165, 1.54) is 14.2 Å². The Bertz CT molecular complexity index is 452. The molecule has 0 aliphatic rings. The first-order valence-electron chi connectivity index (χ1n) is 5.82. The fraction of sp³-hybridized carbons (Fsp3) is 0.286. The van der Waals surface area contributed by atoms with Crippen molar-refractivity contribution < 1.29 is 0 Å². The summed E-state index contributed by atoms with van der Waals surface area (Å²) in [5, 5.41) is 3.60. The van der Waals surface area contributed by atoms with Gasteiger partial charge in [0.05, 0.1) is 3.79 Å². The maximum Gasteiger partial charge on any atom is 0.0701 e. The van der Waals surface area contributed by atoms with Crippen LogP contribution in [0.1, 0.15) is 29.8 Å². The lowest BCUT2D eigenvalue weighted by Gasteiger charge is -2.16. The summed E-state index contributed by atoms with van der Waals surface area (Å²) < 4.78 is 1.20. The molecule has 0 spiro atoms. The first-order chi connectivity index (χ1) is 8.29. The minimum Gasteiger partial charge on any atom is -0.305 e. The van der Waals surface area contributed by atoms with Crippen LogP contribution in [-0.4, -0.2) is 0 Å². The normalized spacial score (nSPS) is 12.6. The highest BCUT2D eigenvalue weighted by molar-refractivity contribution is 9.11. The van der Waals surface area contributed by atoms with E-state index >= 15 is 0 Å². The Labute approximate surface area is 115 Å². The molecule has 0 bridgehead atoms. The van der Waals surface area contributed by atoms with Gasteiger partial charge in [-0.05, 0) is 40.0 Å². The first kappa shape index (κ1) is 12.8. The zero-order chi connectivity index (χ0) is 12.1. The Morgan fingerprint density at radius 2 is 1.94 bits per heavy atom. The van der Waals surface area contributed by atoms with Gasteiger partial charge >= 0.3 is 0 Å². The summed E-state index contributed by atoms with van der Waals surface area (Å²) in [6.07, 6.45) is 1.11. The molecule has 0 aliphatic heterocycles. The van der Waals surface area contributed by atoms with Crippen molar-refractivity contribution in [3.63, 3.8) is 0 Å². The van der Waals surface area contributed by atoms with E-state index in [-0.39, 0.29) is 0 Å². The third kappa shape index (κ3) is 3.66. The minimum absolute atomic E-state index is 0.442. The Hall–Kier alpha value is -0.640. The molecular formula is C14H16BrNS. The van der Waals surface area contributed by atoms with E-state index in [0.717, 1.165) is 13.0 Å². The molecule has 1 N–H and O–H groups in total. The summed E-state index contributed by atoms with van der Waals surface area (Å²) in [4.78, 5) is 1.37. The number of nitrogens with one attached hydrogen (secondary N) is 1. The van der Waals surface area contributed by atoms with Crippen molar-refractivity contribution in [2.75, 3.05) is 0 Å². The van der Waals surface area contributed by atoms with Crippen LogP contribution in [-0.2, 0) is 6.54 Å². The molecular weight excluding hydrogens is 294 g/mol. The minimum atomic E-state index is 0.442. The predicted molar refractivity (Wildman–Crippen MR) is 78.3 cm³/mol. The average molecular weight is 310 g/mol. The Morgan fingerprint density at radius 3 is 2.53 bits per heavy atom. The molecule has 17 heavy (non-hydrogen) atoms. The van der Waals surface area contributed by atoms with Gasteiger partial charge in [0.25, 0.3) is 0 Å². The van der Waals surface area contributed by atoms with Crippen LogP contribution in [0.4, 0.5) is 0 Å². The van der Waals surface area contributed by atoms with E-state index in [1.54, 1.807) is 11.3 Å². The van der Waals surface area contributed by atoms with Crippen LogP contribution in [0.3, 0.4) is 0 Å². The van der Waals surface area contributed by atoms with Gasteiger partial charge in [0.15, 0.2) is 0 Å². The summed E-state index contributed by atoms with van der Waals surface area (Å²) in [6.45, 7) is 3.15. The van der Waals surface area contributed by atoms with Gasteiger partial charge in [0, 0.05) is 17.5 Å². The van der Waals surface area contributed by atoms with Crippen molar-refractivity contribution in [2.24, 2.45) is 0 Å². The molecule has 1 aromatic heterocycles. The van der Waals surface area contributed by atoms with Crippen LogP contribution < -0.4 is 5.32 Å². The van der Waals surface area contributed by atoms with Gasteiger partial charge in [-0.2, -0.15) is 0 Å². The second-order valence-corrected chi connectivity index (χ2v) is 6.51. The maximum absolute atomic E-state index is 3.60. The SMILES string of the molecule is CCC(NCc1ccc(Br)s1)c1ccccc1. The molecule has 1 atom stereocenters. The Morgan fingerprint density at radius 1 is 1.18 bits per heavy atom. The molecule has 0 saturated heterocycles. The van der Waals surface area contributed by atoms with Crippen LogP contribution in [0.25, 0.3) is 0 Å². The molecule has 1 heterocycles. The van der Waals surface area contributed by atoms with Gasteiger partial charge in [0.1, 0.15) is 0 Å². The molecule has 1 unspecified atom stereocenters. The quantitative estimate of drug-likeness (QED) is 0.840. The molecule has 3 heteroatoms. The number of rotatable bonds is 5. The van der Waals surface area contributed by atoms with Gasteiger partial charge in [0.2, 0.25) is 0 Å². The zero-order valence-electron chi connectivity index (χ0n) is 9.82. The summed E-state index contributed by atoms with van der Waals surface area (Å²) in [6, 6.07) is 15.3. The van der Waals surface area contributed by atoms with Crippen molar-refractivity contribution in [1.82, 2.24) is 5.32 Å². The second kappa shape index (κ2) is 6.34. The number of benzene rings is 1. The molecule has 0 amide bonds. The van der Waals surface area contributed by atoms with Crippen molar-refractivity contribution in [2.45, 2.75) is 25.9 Å². The number of hydrogen-bond donors (Lipinski definition) is 1. The van der Waals surface area contributed by atoms with Crippen LogP contribution in [0, 0.1) is 0 Å². The fourth-order valence-corrected chi connectivity index (χ4v) is 3.29. The molecule has 90 valence electrons. The molecule has 0 fully saturated rings. The molecule has 0 aliphatic carbocycles. The first-order valence-corrected chi connectivity index (χ1v) is 7.43. The average Bonchev–Trinajstić information content (AvgIpc) is 2.77. The van der Waals surface area contributed by atoms with Gasteiger partial charge in [-0.1, -0.05) is 37.3 Å². The molecule has 1 nitrogen and oxygen atoms in total. The third-order valence-corrected chi connectivity index (χ3v) is 4.39. The van der Waals surface area contributed by atoms with E-state index in [1.807, 2.05) is 0 Å². The van der Waals surface area contributed by atoms with E-state index in [2.05, 4.69) is 70.6 Å². The highest BCUT2D eigenvalue weighted by Crippen LogP contribution is 2.23. The lowest BCUT2D eigenvalue weighted by atomic mass is 10.0. The lowest BCUT2D eigenvalue weighted by Crippen LogP contribution is -2.19.